The van der Waals surface area contributed by atoms with E-state index in [1.807, 2.05) is 7.11 Å². The van der Waals surface area contributed by atoms with Crippen molar-refractivity contribution in [3.8, 4) is 0 Å². The summed E-state index contributed by atoms with van der Waals surface area (Å²) in [4.78, 5) is 0. The Morgan fingerprint density at radius 2 is 1.36 bits per heavy atom. The molecule has 2 saturated carbocycles. The summed E-state index contributed by atoms with van der Waals surface area (Å²) < 4.78 is 5.78. The summed E-state index contributed by atoms with van der Waals surface area (Å²) >= 11 is 0. The van der Waals surface area contributed by atoms with Gasteiger partial charge in [0.1, 0.15) is 0 Å². The van der Waals surface area contributed by atoms with Crippen molar-refractivity contribution >= 4 is 0 Å². The van der Waals surface area contributed by atoms with Crippen LogP contribution in [0, 0.1) is 22.7 Å². The van der Waals surface area contributed by atoms with Crippen molar-refractivity contribution in [3.05, 3.63) is 0 Å². The molecule has 1 heteroatoms. The Hall–Kier alpha value is -0.0400. The maximum atomic E-state index is 5.78. The van der Waals surface area contributed by atoms with Gasteiger partial charge in [-0.3, -0.25) is 0 Å². The van der Waals surface area contributed by atoms with E-state index in [0.29, 0.717) is 16.9 Å². The van der Waals surface area contributed by atoms with Gasteiger partial charge in [0, 0.05) is 7.11 Å². The molecule has 0 radical (unpaired) electrons. The van der Waals surface area contributed by atoms with Crippen molar-refractivity contribution in [3.63, 3.8) is 0 Å². The average molecular weight is 196 g/mol. The Kier molecular flexibility index (Phi) is 2.23. The van der Waals surface area contributed by atoms with Crippen molar-refractivity contribution in [1.29, 1.82) is 0 Å². The van der Waals surface area contributed by atoms with E-state index in [2.05, 4.69) is 27.7 Å². The molecule has 0 heterocycles. The lowest BCUT2D eigenvalue weighted by atomic mass is 9.76. The van der Waals surface area contributed by atoms with Crippen LogP contribution in [0.3, 0.4) is 0 Å². The topological polar surface area (TPSA) is 9.23 Å². The molecule has 0 amide bonds. The minimum atomic E-state index is 0.374. The van der Waals surface area contributed by atoms with Gasteiger partial charge in [0.25, 0.3) is 0 Å². The summed E-state index contributed by atoms with van der Waals surface area (Å²) in [6, 6.07) is 0. The summed E-state index contributed by atoms with van der Waals surface area (Å²) in [5.74, 6) is 1.78. The highest BCUT2D eigenvalue weighted by Gasteiger charge is 2.60. The van der Waals surface area contributed by atoms with Gasteiger partial charge < -0.3 is 4.74 Å². The summed E-state index contributed by atoms with van der Waals surface area (Å²) in [6.45, 7) is 9.61. The zero-order chi connectivity index (χ0) is 10.6. The highest BCUT2D eigenvalue weighted by molar-refractivity contribution is 5.09. The van der Waals surface area contributed by atoms with Crippen LogP contribution in [0.25, 0.3) is 0 Å². The SMILES string of the molecule is COC1C(C)(C)C2CCCC2C1(C)C. The second kappa shape index (κ2) is 2.98. The Balaban J connectivity index is 2.37. The van der Waals surface area contributed by atoms with Crippen LogP contribution >= 0.6 is 0 Å². The first-order valence-corrected chi connectivity index (χ1v) is 5.95. The zero-order valence-electron chi connectivity index (χ0n) is 10.3. The Morgan fingerprint density at radius 3 is 1.71 bits per heavy atom. The number of fused-ring (bicyclic) bond motifs is 1. The third-order valence-corrected chi connectivity index (χ3v) is 5.01. The van der Waals surface area contributed by atoms with E-state index >= 15 is 0 Å². The monoisotopic (exact) mass is 196 g/mol. The second-order valence-electron chi connectivity index (χ2n) is 6.40. The predicted octanol–water partition coefficient (Wildman–Crippen LogP) is 3.48. The lowest BCUT2D eigenvalue weighted by Gasteiger charge is -2.36. The quantitative estimate of drug-likeness (QED) is 0.624. The van der Waals surface area contributed by atoms with Crippen molar-refractivity contribution in [2.75, 3.05) is 7.11 Å². The molecule has 2 unspecified atom stereocenters. The van der Waals surface area contributed by atoms with Crippen molar-refractivity contribution in [2.45, 2.75) is 53.1 Å². The van der Waals surface area contributed by atoms with E-state index < -0.39 is 0 Å². The van der Waals surface area contributed by atoms with Crippen LogP contribution in [0.5, 0.6) is 0 Å². The van der Waals surface area contributed by atoms with E-state index in [9.17, 15) is 0 Å². The van der Waals surface area contributed by atoms with Crippen LogP contribution in [0.2, 0.25) is 0 Å². The van der Waals surface area contributed by atoms with Crippen LogP contribution in [-0.4, -0.2) is 13.2 Å². The lowest BCUT2D eigenvalue weighted by Crippen LogP contribution is -2.38. The molecule has 0 aromatic rings. The van der Waals surface area contributed by atoms with Crippen molar-refractivity contribution in [2.24, 2.45) is 22.7 Å². The number of ether oxygens (including phenoxy) is 1. The second-order valence-corrected chi connectivity index (χ2v) is 6.40. The summed E-state index contributed by atoms with van der Waals surface area (Å²) in [5, 5.41) is 0. The summed E-state index contributed by atoms with van der Waals surface area (Å²) in [5.41, 5.74) is 0.749. The van der Waals surface area contributed by atoms with Crippen LogP contribution in [-0.2, 0) is 4.74 Å². The van der Waals surface area contributed by atoms with Gasteiger partial charge in [0.2, 0.25) is 0 Å². The first-order valence-electron chi connectivity index (χ1n) is 5.95. The number of methoxy groups -OCH3 is 1. The molecule has 0 N–H and O–H groups in total. The normalized spacial score (nSPS) is 43.9. The molecule has 0 aromatic carbocycles. The van der Waals surface area contributed by atoms with Crippen molar-refractivity contribution < 1.29 is 4.74 Å². The van der Waals surface area contributed by atoms with Crippen LogP contribution in [0.4, 0.5) is 0 Å². The molecule has 1 nitrogen and oxygen atoms in total. The molecule has 2 aliphatic carbocycles. The fourth-order valence-electron chi connectivity index (χ4n) is 4.70. The predicted molar refractivity (Wildman–Crippen MR) is 59.2 cm³/mol. The van der Waals surface area contributed by atoms with Gasteiger partial charge in [-0.15, -0.1) is 0 Å². The van der Waals surface area contributed by atoms with E-state index in [0.717, 1.165) is 11.8 Å². The van der Waals surface area contributed by atoms with Crippen LogP contribution in [0.15, 0.2) is 0 Å². The smallest absolute Gasteiger partial charge is 0.0678 e. The molecule has 0 bridgehead atoms. The Bertz CT molecular complexity index is 207. The van der Waals surface area contributed by atoms with Gasteiger partial charge in [0.15, 0.2) is 0 Å². The molecule has 2 aliphatic rings. The molecule has 0 spiro atoms. The fourth-order valence-corrected chi connectivity index (χ4v) is 4.70. The first-order chi connectivity index (χ1) is 6.42. The van der Waals surface area contributed by atoms with E-state index in [1.165, 1.54) is 19.3 Å². The third-order valence-electron chi connectivity index (χ3n) is 5.01. The molecule has 2 rings (SSSR count). The molecular weight excluding hydrogens is 172 g/mol. The van der Waals surface area contributed by atoms with E-state index in [4.69, 9.17) is 4.74 Å². The molecule has 2 fully saturated rings. The van der Waals surface area contributed by atoms with Crippen molar-refractivity contribution in [1.82, 2.24) is 0 Å². The maximum absolute atomic E-state index is 5.78. The van der Waals surface area contributed by atoms with E-state index in [1.54, 1.807) is 0 Å². The fraction of sp³-hybridized carbons (Fsp3) is 1.00. The highest BCUT2D eigenvalue weighted by Crippen LogP contribution is 2.63. The molecule has 82 valence electrons. The number of hydrogen-bond donors (Lipinski definition) is 0. The molecule has 0 aromatic heterocycles. The zero-order valence-corrected chi connectivity index (χ0v) is 10.3. The average Bonchev–Trinajstić information content (AvgIpc) is 2.55. The van der Waals surface area contributed by atoms with Gasteiger partial charge in [-0.2, -0.15) is 0 Å². The third kappa shape index (κ3) is 1.11. The largest absolute Gasteiger partial charge is 0.380 e. The minimum Gasteiger partial charge on any atom is -0.380 e. The van der Waals surface area contributed by atoms with Crippen LogP contribution in [0.1, 0.15) is 47.0 Å². The highest BCUT2D eigenvalue weighted by atomic mass is 16.5. The van der Waals surface area contributed by atoms with Gasteiger partial charge in [0.05, 0.1) is 6.10 Å². The number of hydrogen-bond acceptors (Lipinski definition) is 1. The van der Waals surface area contributed by atoms with Gasteiger partial charge in [-0.05, 0) is 35.5 Å². The first kappa shape index (κ1) is 10.5. The molecular formula is C13H24O. The van der Waals surface area contributed by atoms with Crippen LogP contribution < -0.4 is 0 Å². The van der Waals surface area contributed by atoms with E-state index in [-0.39, 0.29) is 0 Å². The van der Waals surface area contributed by atoms with Gasteiger partial charge >= 0.3 is 0 Å². The Labute approximate surface area is 88.2 Å². The Morgan fingerprint density at radius 1 is 0.929 bits per heavy atom. The number of rotatable bonds is 1. The lowest BCUT2D eigenvalue weighted by molar-refractivity contribution is -0.0440. The molecule has 0 aliphatic heterocycles. The van der Waals surface area contributed by atoms with Gasteiger partial charge in [-0.25, -0.2) is 0 Å². The maximum Gasteiger partial charge on any atom is 0.0678 e. The minimum absolute atomic E-state index is 0.374. The summed E-state index contributed by atoms with van der Waals surface area (Å²) in [6.07, 6.45) is 4.70. The standard InChI is InChI=1S/C13H24O/c1-12(2)9-7-6-8-10(9)13(3,4)11(12)14-5/h9-11H,6-8H2,1-5H3. The summed E-state index contributed by atoms with van der Waals surface area (Å²) in [7, 11) is 1.88. The molecule has 0 saturated heterocycles. The molecule has 2 atom stereocenters. The van der Waals surface area contributed by atoms with Gasteiger partial charge in [-0.1, -0.05) is 34.1 Å². The molecule has 14 heavy (non-hydrogen) atoms.